The smallest absolute Gasteiger partial charge is 0.324 e. The van der Waals surface area contributed by atoms with Crippen molar-refractivity contribution in [2.45, 2.75) is 31.6 Å². The third-order valence-electron chi connectivity index (χ3n) is 2.92. The molecule has 0 aromatic carbocycles. The Labute approximate surface area is 101 Å². The maximum atomic E-state index is 12.6. The molecule has 0 aromatic rings. The summed E-state index contributed by atoms with van der Waals surface area (Å²) in [6.45, 7) is -1.41. The summed E-state index contributed by atoms with van der Waals surface area (Å²) in [6, 6.07) is 0. The Morgan fingerprint density at radius 1 is 1.47 bits per heavy atom. The van der Waals surface area contributed by atoms with Crippen LogP contribution in [-0.4, -0.2) is 29.8 Å². The summed E-state index contributed by atoms with van der Waals surface area (Å²) in [5.41, 5.74) is 4.24. The van der Waals surface area contributed by atoms with Gasteiger partial charge in [-0.2, -0.15) is 8.78 Å². The second-order valence-corrected chi connectivity index (χ2v) is 4.48. The first-order valence-electron chi connectivity index (χ1n) is 4.96. The average molecular weight is 272 g/mol. The maximum Gasteiger partial charge on any atom is 0.324 e. The summed E-state index contributed by atoms with van der Waals surface area (Å²) >= 11 is 4.70. The molecule has 0 radical (unpaired) electrons. The summed E-state index contributed by atoms with van der Waals surface area (Å²) in [5, 5.41) is 1.79. The van der Waals surface area contributed by atoms with Crippen molar-refractivity contribution in [2.75, 3.05) is 6.54 Å². The minimum atomic E-state index is -4.24. The fraction of sp³-hybridized carbons (Fsp3) is 0.778. The number of halogens is 4. The fourth-order valence-electron chi connectivity index (χ4n) is 1.56. The van der Waals surface area contributed by atoms with Crippen molar-refractivity contribution in [3.8, 4) is 0 Å². The number of carbonyl (C=O) groups is 1. The third kappa shape index (κ3) is 2.67. The van der Waals surface area contributed by atoms with Gasteiger partial charge in [0.05, 0.1) is 16.9 Å². The van der Waals surface area contributed by atoms with Gasteiger partial charge in [0.2, 0.25) is 5.91 Å². The number of nitrogens with one attached hydrogen (secondary N) is 1. The van der Waals surface area contributed by atoms with Crippen molar-refractivity contribution in [1.29, 1.82) is 0 Å². The van der Waals surface area contributed by atoms with Crippen LogP contribution in [0.5, 0.6) is 0 Å². The standard InChI is InChI=1S/C9H12F4N2OS/c10-5(11)9(12,13)4-15-7(16)8(6(14)17)2-1-3-8/h5H,1-4H2,(H2,14,17)(H,15,16). The van der Waals surface area contributed by atoms with Crippen molar-refractivity contribution in [3.05, 3.63) is 0 Å². The van der Waals surface area contributed by atoms with Crippen LogP contribution in [0.1, 0.15) is 19.3 Å². The molecule has 1 rings (SSSR count). The van der Waals surface area contributed by atoms with Crippen molar-refractivity contribution in [2.24, 2.45) is 11.1 Å². The van der Waals surface area contributed by atoms with E-state index in [4.69, 9.17) is 18.0 Å². The van der Waals surface area contributed by atoms with Gasteiger partial charge in [0.1, 0.15) is 0 Å². The summed E-state index contributed by atoms with van der Waals surface area (Å²) in [4.78, 5) is 11.5. The van der Waals surface area contributed by atoms with E-state index in [1.807, 2.05) is 0 Å². The first-order chi connectivity index (χ1) is 7.72. The molecule has 3 N–H and O–H groups in total. The fourth-order valence-corrected chi connectivity index (χ4v) is 1.86. The van der Waals surface area contributed by atoms with Crippen LogP contribution in [0, 0.1) is 5.41 Å². The molecule has 17 heavy (non-hydrogen) atoms. The van der Waals surface area contributed by atoms with Gasteiger partial charge >= 0.3 is 12.3 Å². The van der Waals surface area contributed by atoms with Crippen LogP contribution in [0.25, 0.3) is 0 Å². The van der Waals surface area contributed by atoms with Crippen LogP contribution in [0.3, 0.4) is 0 Å². The maximum absolute atomic E-state index is 12.6. The quantitative estimate of drug-likeness (QED) is 0.588. The van der Waals surface area contributed by atoms with Crippen LogP contribution in [-0.2, 0) is 4.79 Å². The Hall–Kier alpha value is -0.920. The van der Waals surface area contributed by atoms with Crippen LogP contribution in [0.4, 0.5) is 17.6 Å². The van der Waals surface area contributed by atoms with Crippen LogP contribution in [0.15, 0.2) is 0 Å². The molecule has 1 saturated carbocycles. The molecule has 1 aliphatic rings. The van der Waals surface area contributed by atoms with Gasteiger partial charge in [0, 0.05) is 0 Å². The van der Waals surface area contributed by atoms with Crippen molar-refractivity contribution in [1.82, 2.24) is 5.32 Å². The number of nitrogens with two attached hydrogens (primary N) is 1. The van der Waals surface area contributed by atoms with Gasteiger partial charge in [-0.05, 0) is 12.8 Å². The molecule has 1 amide bonds. The van der Waals surface area contributed by atoms with E-state index in [1.165, 1.54) is 0 Å². The highest BCUT2D eigenvalue weighted by molar-refractivity contribution is 7.80. The molecule has 1 fully saturated rings. The first-order valence-corrected chi connectivity index (χ1v) is 5.37. The zero-order valence-electron chi connectivity index (χ0n) is 8.81. The van der Waals surface area contributed by atoms with E-state index >= 15 is 0 Å². The van der Waals surface area contributed by atoms with E-state index < -0.39 is 30.2 Å². The molecule has 3 nitrogen and oxygen atoms in total. The van der Waals surface area contributed by atoms with E-state index in [0.717, 1.165) is 0 Å². The van der Waals surface area contributed by atoms with E-state index in [1.54, 1.807) is 5.32 Å². The van der Waals surface area contributed by atoms with Crippen molar-refractivity contribution in [3.63, 3.8) is 0 Å². The zero-order valence-corrected chi connectivity index (χ0v) is 9.63. The number of rotatable bonds is 5. The van der Waals surface area contributed by atoms with Crippen LogP contribution in [0.2, 0.25) is 0 Å². The number of thiocarbonyl (C=S) groups is 1. The molecule has 0 heterocycles. The highest BCUT2D eigenvalue weighted by Crippen LogP contribution is 2.41. The summed E-state index contributed by atoms with van der Waals surface area (Å²) in [6.07, 6.45) is -2.37. The predicted octanol–water partition coefficient (Wildman–Crippen LogP) is 1.46. The number of alkyl halides is 4. The minimum absolute atomic E-state index is 0.0818. The van der Waals surface area contributed by atoms with Gasteiger partial charge in [0.15, 0.2) is 0 Å². The topological polar surface area (TPSA) is 55.1 Å². The van der Waals surface area contributed by atoms with Crippen LogP contribution >= 0.6 is 12.2 Å². The van der Waals surface area contributed by atoms with Gasteiger partial charge in [-0.15, -0.1) is 0 Å². The third-order valence-corrected chi connectivity index (χ3v) is 3.31. The lowest BCUT2D eigenvalue weighted by atomic mass is 9.68. The number of amides is 1. The Kier molecular flexibility index (Phi) is 3.95. The highest BCUT2D eigenvalue weighted by atomic mass is 32.1. The molecular formula is C9H12F4N2OS. The van der Waals surface area contributed by atoms with E-state index in [0.29, 0.717) is 19.3 Å². The van der Waals surface area contributed by atoms with Gasteiger partial charge in [-0.25, -0.2) is 8.78 Å². The van der Waals surface area contributed by atoms with E-state index in [9.17, 15) is 22.4 Å². The summed E-state index contributed by atoms with van der Waals surface area (Å²) < 4.78 is 48.9. The summed E-state index contributed by atoms with van der Waals surface area (Å²) in [7, 11) is 0. The monoisotopic (exact) mass is 272 g/mol. The lowest BCUT2D eigenvalue weighted by Gasteiger charge is -2.39. The van der Waals surface area contributed by atoms with Gasteiger partial charge in [-0.3, -0.25) is 4.79 Å². The number of hydrogen-bond donors (Lipinski definition) is 2. The summed E-state index contributed by atoms with van der Waals surface area (Å²) in [5.74, 6) is -5.03. The average Bonchev–Trinajstić information content (AvgIpc) is 2.12. The van der Waals surface area contributed by atoms with Gasteiger partial charge < -0.3 is 11.1 Å². The highest BCUT2D eigenvalue weighted by Gasteiger charge is 2.48. The second-order valence-electron chi connectivity index (χ2n) is 4.04. The van der Waals surface area contributed by atoms with Crippen molar-refractivity contribution >= 4 is 23.1 Å². The van der Waals surface area contributed by atoms with Crippen molar-refractivity contribution < 1.29 is 22.4 Å². The second kappa shape index (κ2) is 4.75. The Morgan fingerprint density at radius 2 is 2.00 bits per heavy atom. The molecular weight excluding hydrogens is 260 g/mol. The molecule has 0 atom stereocenters. The SMILES string of the molecule is NC(=S)C1(C(=O)NCC(F)(F)C(F)F)CCC1. The molecule has 0 saturated heterocycles. The Morgan fingerprint density at radius 3 is 2.29 bits per heavy atom. The molecule has 0 unspecified atom stereocenters. The minimum Gasteiger partial charge on any atom is -0.392 e. The largest absolute Gasteiger partial charge is 0.392 e. The molecule has 98 valence electrons. The molecule has 0 aromatic heterocycles. The molecule has 1 aliphatic carbocycles. The Balaban J connectivity index is 2.58. The molecule has 0 bridgehead atoms. The normalized spacial score (nSPS) is 18.6. The number of hydrogen-bond acceptors (Lipinski definition) is 2. The molecule has 0 spiro atoms. The Bertz CT molecular complexity index is 331. The lowest BCUT2D eigenvalue weighted by Crippen LogP contribution is -2.55. The first kappa shape index (κ1) is 14.1. The predicted molar refractivity (Wildman–Crippen MR) is 57.0 cm³/mol. The van der Waals surface area contributed by atoms with E-state index in [-0.39, 0.29) is 4.99 Å². The van der Waals surface area contributed by atoms with Gasteiger partial charge in [-0.1, -0.05) is 18.6 Å². The van der Waals surface area contributed by atoms with Crippen LogP contribution < -0.4 is 11.1 Å². The lowest BCUT2D eigenvalue weighted by molar-refractivity contribution is -0.142. The molecule has 0 aliphatic heterocycles. The molecule has 8 heteroatoms. The number of carbonyl (C=O) groups excluding carboxylic acids is 1. The zero-order chi connectivity index (χ0) is 13.3. The van der Waals surface area contributed by atoms with E-state index in [2.05, 4.69) is 0 Å². The van der Waals surface area contributed by atoms with Gasteiger partial charge in [0.25, 0.3) is 0 Å².